The molecule has 1 nitrogen and oxygen atoms in total. The Balaban J connectivity index is 2.27. The van der Waals surface area contributed by atoms with Crippen LogP contribution in [0.1, 0.15) is 39.0 Å². The smallest absolute Gasteiger partial charge is 0.0756 e. The maximum Gasteiger partial charge on any atom is 0.0756 e. The second kappa shape index (κ2) is 5.38. The molecule has 0 spiro atoms. The van der Waals surface area contributed by atoms with Gasteiger partial charge in [-0.2, -0.15) is 0 Å². The van der Waals surface area contributed by atoms with Gasteiger partial charge in [0, 0.05) is 13.0 Å². The van der Waals surface area contributed by atoms with Crippen LogP contribution in [-0.4, -0.2) is 11.5 Å². The summed E-state index contributed by atoms with van der Waals surface area (Å²) in [6, 6.07) is 0. The largest absolute Gasteiger partial charge is 0.380 e. The minimum absolute atomic E-state index is 0.757. The average molecular weight is 197 g/mol. The highest BCUT2D eigenvalue weighted by Gasteiger charge is 2.16. The van der Waals surface area contributed by atoms with Crippen LogP contribution in [0.5, 0.6) is 0 Å². The van der Waals surface area contributed by atoms with Gasteiger partial charge in [0.15, 0.2) is 0 Å². The molecule has 1 fully saturated rings. The average Bonchev–Trinajstić information content (AvgIpc) is 2.04. The van der Waals surface area contributed by atoms with E-state index in [9.17, 15) is 0 Å². The Labute approximate surface area is 86.6 Å². The number of thiocarbonyl (C=S) groups is 1. The van der Waals surface area contributed by atoms with E-state index in [0.29, 0.717) is 0 Å². The van der Waals surface area contributed by atoms with E-state index in [0.717, 1.165) is 23.9 Å². The van der Waals surface area contributed by atoms with Gasteiger partial charge in [0.05, 0.1) is 4.99 Å². The SMILES string of the molecule is C=C1CCCC(CC(=S)NCC)C1. The van der Waals surface area contributed by atoms with E-state index in [1.165, 1.54) is 31.3 Å². The van der Waals surface area contributed by atoms with Gasteiger partial charge < -0.3 is 5.32 Å². The zero-order valence-corrected chi connectivity index (χ0v) is 9.25. The van der Waals surface area contributed by atoms with Crippen LogP contribution in [0, 0.1) is 5.92 Å². The van der Waals surface area contributed by atoms with E-state index in [-0.39, 0.29) is 0 Å². The summed E-state index contributed by atoms with van der Waals surface area (Å²) in [6.07, 6.45) is 6.10. The van der Waals surface area contributed by atoms with Crippen molar-refractivity contribution in [3.05, 3.63) is 12.2 Å². The topological polar surface area (TPSA) is 12.0 Å². The molecule has 2 heteroatoms. The van der Waals surface area contributed by atoms with Crippen molar-refractivity contribution in [2.24, 2.45) is 5.92 Å². The highest BCUT2D eigenvalue weighted by Crippen LogP contribution is 2.29. The summed E-state index contributed by atoms with van der Waals surface area (Å²) in [5.74, 6) is 0.757. The van der Waals surface area contributed by atoms with E-state index >= 15 is 0 Å². The molecule has 0 aromatic carbocycles. The van der Waals surface area contributed by atoms with Crippen LogP contribution in [0.4, 0.5) is 0 Å². The Morgan fingerprint density at radius 3 is 3.08 bits per heavy atom. The standard InChI is InChI=1S/C11H19NS/c1-3-12-11(13)8-10-6-4-5-9(2)7-10/h10H,2-8H2,1H3,(H,12,13). The predicted molar refractivity (Wildman–Crippen MR) is 62.0 cm³/mol. The van der Waals surface area contributed by atoms with E-state index in [1.807, 2.05) is 0 Å². The van der Waals surface area contributed by atoms with Crippen molar-refractivity contribution < 1.29 is 0 Å². The Kier molecular flexibility index (Phi) is 4.43. The van der Waals surface area contributed by atoms with Gasteiger partial charge in [-0.3, -0.25) is 0 Å². The van der Waals surface area contributed by atoms with Crippen molar-refractivity contribution in [2.75, 3.05) is 6.54 Å². The van der Waals surface area contributed by atoms with Crippen molar-refractivity contribution >= 4 is 17.2 Å². The van der Waals surface area contributed by atoms with Gasteiger partial charge in [-0.1, -0.05) is 24.4 Å². The van der Waals surface area contributed by atoms with Crippen LogP contribution >= 0.6 is 12.2 Å². The molecule has 1 unspecified atom stereocenters. The second-order valence-electron chi connectivity index (χ2n) is 3.87. The van der Waals surface area contributed by atoms with Gasteiger partial charge >= 0.3 is 0 Å². The summed E-state index contributed by atoms with van der Waals surface area (Å²) < 4.78 is 0. The van der Waals surface area contributed by atoms with Gasteiger partial charge in [-0.05, 0) is 38.5 Å². The molecule has 1 aliphatic carbocycles. The molecule has 1 atom stereocenters. The first-order chi connectivity index (χ1) is 6.22. The first-order valence-corrected chi connectivity index (χ1v) is 5.56. The predicted octanol–water partition coefficient (Wildman–Crippen LogP) is 3.06. The third-order valence-electron chi connectivity index (χ3n) is 2.57. The molecule has 1 saturated carbocycles. The quantitative estimate of drug-likeness (QED) is 0.551. The fourth-order valence-corrected chi connectivity index (χ4v) is 2.34. The molecular weight excluding hydrogens is 178 g/mol. The summed E-state index contributed by atoms with van der Waals surface area (Å²) in [6.45, 7) is 7.09. The lowest BCUT2D eigenvalue weighted by Gasteiger charge is -2.23. The molecule has 74 valence electrons. The molecule has 0 aromatic rings. The zero-order valence-electron chi connectivity index (χ0n) is 8.44. The highest BCUT2D eigenvalue weighted by molar-refractivity contribution is 7.80. The first-order valence-electron chi connectivity index (χ1n) is 5.15. The molecular formula is C11H19NS. The first kappa shape index (κ1) is 10.7. The van der Waals surface area contributed by atoms with Crippen molar-refractivity contribution in [3.63, 3.8) is 0 Å². The van der Waals surface area contributed by atoms with E-state index in [1.54, 1.807) is 0 Å². The molecule has 0 aromatic heterocycles. The number of hydrogen-bond donors (Lipinski definition) is 1. The normalized spacial score (nSPS) is 22.8. The van der Waals surface area contributed by atoms with Crippen LogP contribution in [0.3, 0.4) is 0 Å². The van der Waals surface area contributed by atoms with Gasteiger partial charge in [-0.25, -0.2) is 0 Å². The second-order valence-corrected chi connectivity index (χ2v) is 4.36. The Hall–Kier alpha value is -0.370. The van der Waals surface area contributed by atoms with Crippen LogP contribution in [-0.2, 0) is 0 Å². The molecule has 13 heavy (non-hydrogen) atoms. The molecule has 1 aliphatic rings. The lowest BCUT2D eigenvalue weighted by atomic mass is 9.84. The van der Waals surface area contributed by atoms with Gasteiger partial charge in [-0.15, -0.1) is 0 Å². The monoisotopic (exact) mass is 197 g/mol. The summed E-state index contributed by atoms with van der Waals surface area (Å²) in [4.78, 5) is 1.03. The molecule has 0 amide bonds. The third kappa shape index (κ3) is 3.90. The Morgan fingerprint density at radius 2 is 2.46 bits per heavy atom. The molecule has 0 aliphatic heterocycles. The minimum atomic E-state index is 0.757. The lowest BCUT2D eigenvalue weighted by molar-refractivity contribution is 0.431. The van der Waals surface area contributed by atoms with E-state index in [2.05, 4.69) is 18.8 Å². The molecule has 1 N–H and O–H groups in total. The fourth-order valence-electron chi connectivity index (χ4n) is 1.96. The lowest BCUT2D eigenvalue weighted by Crippen LogP contribution is -2.24. The number of allylic oxidation sites excluding steroid dienone is 1. The molecule has 0 heterocycles. The number of rotatable bonds is 3. The summed E-state index contributed by atoms with van der Waals surface area (Å²) in [5, 5.41) is 3.21. The molecule has 0 radical (unpaired) electrons. The summed E-state index contributed by atoms with van der Waals surface area (Å²) >= 11 is 5.23. The van der Waals surface area contributed by atoms with E-state index < -0.39 is 0 Å². The Morgan fingerprint density at radius 1 is 1.69 bits per heavy atom. The number of nitrogens with one attached hydrogen (secondary N) is 1. The molecule has 1 rings (SSSR count). The van der Waals surface area contributed by atoms with Crippen molar-refractivity contribution in [1.29, 1.82) is 0 Å². The van der Waals surface area contributed by atoms with Crippen LogP contribution in [0.2, 0.25) is 0 Å². The fraction of sp³-hybridized carbons (Fsp3) is 0.727. The van der Waals surface area contributed by atoms with Crippen molar-refractivity contribution in [3.8, 4) is 0 Å². The van der Waals surface area contributed by atoms with Gasteiger partial charge in [0.25, 0.3) is 0 Å². The van der Waals surface area contributed by atoms with Gasteiger partial charge in [0.2, 0.25) is 0 Å². The maximum atomic E-state index is 5.23. The summed E-state index contributed by atoms with van der Waals surface area (Å²) in [5.41, 5.74) is 1.41. The number of hydrogen-bond acceptors (Lipinski definition) is 1. The van der Waals surface area contributed by atoms with Gasteiger partial charge in [0.1, 0.15) is 0 Å². The molecule has 0 saturated heterocycles. The minimum Gasteiger partial charge on any atom is -0.380 e. The maximum absolute atomic E-state index is 5.23. The zero-order chi connectivity index (χ0) is 9.68. The van der Waals surface area contributed by atoms with Crippen LogP contribution in [0.25, 0.3) is 0 Å². The third-order valence-corrected chi connectivity index (χ3v) is 2.88. The van der Waals surface area contributed by atoms with E-state index in [4.69, 9.17) is 12.2 Å². The Bertz CT molecular complexity index is 198. The van der Waals surface area contributed by atoms with Crippen LogP contribution < -0.4 is 5.32 Å². The van der Waals surface area contributed by atoms with Crippen molar-refractivity contribution in [1.82, 2.24) is 5.32 Å². The van der Waals surface area contributed by atoms with Crippen molar-refractivity contribution in [2.45, 2.75) is 39.0 Å². The highest BCUT2D eigenvalue weighted by atomic mass is 32.1. The molecule has 0 bridgehead atoms. The summed E-state index contributed by atoms with van der Waals surface area (Å²) in [7, 11) is 0. The van der Waals surface area contributed by atoms with Crippen LogP contribution in [0.15, 0.2) is 12.2 Å².